The number of carbonyl (C=O) groups is 1. The molecule has 0 atom stereocenters. The van der Waals surface area contributed by atoms with E-state index in [9.17, 15) is 4.79 Å². The Bertz CT molecular complexity index is 226. The molecule has 1 amide bonds. The Morgan fingerprint density at radius 3 is 2.61 bits per heavy atom. The molecule has 1 rings (SSSR count). The van der Waals surface area contributed by atoms with Crippen molar-refractivity contribution in [1.29, 1.82) is 0 Å². The van der Waals surface area contributed by atoms with Gasteiger partial charge in [-0.05, 0) is 25.2 Å². The molecule has 1 heterocycles. The highest BCUT2D eigenvalue weighted by Gasteiger charge is 2.16. The quantitative estimate of drug-likeness (QED) is 0.638. The third-order valence-corrected chi connectivity index (χ3v) is 3.24. The first-order valence-electron chi connectivity index (χ1n) is 7.26. The lowest BCUT2D eigenvalue weighted by molar-refractivity contribution is -0.130. The van der Waals surface area contributed by atoms with Crippen LogP contribution in [-0.2, 0) is 9.53 Å². The Labute approximate surface area is 111 Å². The number of hydrogen-bond acceptors (Lipinski definition) is 3. The van der Waals surface area contributed by atoms with E-state index in [0.717, 1.165) is 45.8 Å². The summed E-state index contributed by atoms with van der Waals surface area (Å²) in [5.74, 6) is 0.997. The summed E-state index contributed by atoms with van der Waals surface area (Å²) in [6.45, 7) is 9.50. The van der Waals surface area contributed by atoms with Crippen LogP contribution in [0.2, 0.25) is 0 Å². The topological polar surface area (TPSA) is 41.6 Å². The first-order chi connectivity index (χ1) is 8.70. The van der Waals surface area contributed by atoms with Crippen LogP contribution in [0.3, 0.4) is 0 Å². The molecule has 0 spiro atoms. The summed E-state index contributed by atoms with van der Waals surface area (Å²) in [6, 6.07) is 0. The van der Waals surface area contributed by atoms with Crippen LogP contribution in [-0.4, -0.2) is 50.2 Å². The number of nitrogens with one attached hydrogen (secondary N) is 1. The third kappa shape index (κ3) is 6.97. The normalized spacial score (nSPS) is 15.6. The van der Waals surface area contributed by atoms with Crippen molar-refractivity contribution in [3.63, 3.8) is 0 Å². The molecular formula is C14H28N2O2. The molecule has 0 aromatic carbocycles. The van der Waals surface area contributed by atoms with Crippen LogP contribution < -0.4 is 5.32 Å². The maximum absolute atomic E-state index is 11.7. The number of likely N-dealkylation sites (tertiary alicyclic amines) is 1. The second-order valence-electron chi connectivity index (χ2n) is 5.38. The van der Waals surface area contributed by atoms with Gasteiger partial charge in [-0.2, -0.15) is 0 Å². The van der Waals surface area contributed by atoms with E-state index in [1.807, 2.05) is 4.90 Å². The molecule has 1 N–H and O–H groups in total. The van der Waals surface area contributed by atoms with Crippen molar-refractivity contribution in [3.8, 4) is 0 Å². The van der Waals surface area contributed by atoms with Gasteiger partial charge in [-0.15, -0.1) is 0 Å². The van der Waals surface area contributed by atoms with Crippen LogP contribution in [0.1, 0.15) is 39.5 Å². The zero-order valence-electron chi connectivity index (χ0n) is 11.9. The van der Waals surface area contributed by atoms with E-state index in [0.29, 0.717) is 18.2 Å². The SMILES string of the molecule is CC(C)CCOCCNCCC(=O)N1CCCC1. The van der Waals surface area contributed by atoms with Crippen molar-refractivity contribution in [2.45, 2.75) is 39.5 Å². The van der Waals surface area contributed by atoms with Gasteiger partial charge in [-0.25, -0.2) is 0 Å². The largest absolute Gasteiger partial charge is 0.380 e. The Hall–Kier alpha value is -0.610. The van der Waals surface area contributed by atoms with Gasteiger partial charge >= 0.3 is 0 Å². The van der Waals surface area contributed by atoms with Crippen LogP contribution in [0.5, 0.6) is 0 Å². The Kier molecular flexibility index (Phi) is 8.01. The van der Waals surface area contributed by atoms with Gasteiger partial charge in [-0.3, -0.25) is 4.79 Å². The Morgan fingerprint density at radius 2 is 1.94 bits per heavy atom. The van der Waals surface area contributed by atoms with E-state index in [1.54, 1.807) is 0 Å². The van der Waals surface area contributed by atoms with Gasteiger partial charge in [0, 0.05) is 39.2 Å². The van der Waals surface area contributed by atoms with Crippen molar-refractivity contribution >= 4 is 5.91 Å². The average molecular weight is 256 g/mol. The van der Waals surface area contributed by atoms with Gasteiger partial charge in [-0.1, -0.05) is 13.8 Å². The second-order valence-corrected chi connectivity index (χ2v) is 5.38. The minimum absolute atomic E-state index is 0.292. The molecule has 4 heteroatoms. The molecule has 106 valence electrons. The Balaban J connectivity index is 1.84. The molecule has 1 saturated heterocycles. The fraction of sp³-hybridized carbons (Fsp3) is 0.929. The highest BCUT2D eigenvalue weighted by Crippen LogP contribution is 2.08. The van der Waals surface area contributed by atoms with Gasteiger partial charge < -0.3 is 15.0 Å². The zero-order chi connectivity index (χ0) is 13.2. The number of ether oxygens (including phenoxy) is 1. The first kappa shape index (κ1) is 15.4. The number of carbonyl (C=O) groups excluding carboxylic acids is 1. The molecule has 0 bridgehead atoms. The number of nitrogens with zero attached hydrogens (tertiary/aromatic N) is 1. The van der Waals surface area contributed by atoms with Crippen LogP contribution in [0.4, 0.5) is 0 Å². The van der Waals surface area contributed by atoms with E-state index in [1.165, 1.54) is 12.8 Å². The van der Waals surface area contributed by atoms with Crippen LogP contribution in [0.25, 0.3) is 0 Å². The summed E-state index contributed by atoms with van der Waals surface area (Å²) in [7, 11) is 0. The lowest BCUT2D eigenvalue weighted by atomic mass is 10.1. The van der Waals surface area contributed by atoms with E-state index >= 15 is 0 Å². The van der Waals surface area contributed by atoms with Gasteiger partial charge in [0.05, 0.1) is 6.61 Å². The molecular weight excluding hydrogens is 228 g/mol. The summed E-state index contributed by atoms with van der Waals surface area (Å²) in [5.41, 5.74) is 0. The summed E-state index contributed by atoms with van der Waals surface area (Å²) in [5, 5.41) is 3.26. The lowest BCUT2D eigenvalue weighted by Crippen LogP contribution is -2.31. The highest BCUT2D eigenvalue weighted by molar-refractivity contribution is 5.76. The Morgan fingerprint density at radius 1 is 1.22 bits per heavy atom. The highest BCUT2D eigenvalue weighted by atomic mass is 16.5. The van der Waals surface area contributed by atoms with Gasteiger partial charge in [0.1, 0.15) is 0 Å². The predicted molar refractivity (Wildman–Crippen MR) is 73.6 cm³/mol. The van der Waals surface area contributed by atoms with Crippen molar-refractivity contribution in [2.75, 3.05) is 39.4 Å². The van der Waals surface area contributed by atoms with Crippen LogP contribution >= 0.6 is 0 Å². The molecule has 0 aliphatic carbocycles. The molecule has 18 heavy (non-hydrogen) atoms. The molecule has 4 nitrogen and oxygen atoms in total. The van der Waals surface area contributed by atoms with Gasteiger partial charge in [0.25, 0.3) is 0 Å². The number of rotatable bonds is 9. The van der Waals surface area contributed by atoms with Crippen LogP contribution in [0.15, 0.2) is 0 Å². The molecule has 1 aliphatic heterocycles. The minimum atomic E-state index is 0.292. The predicted octanol–water partition coefficient (Wildman–Crippen LogP) is 1.65. The molecule has 0 saturated carbocycles. The minimum Gasteiger partial charge on any atom is -0.380 e. The fourth-order valence-corrected chi connectivity index (χ4v) is 2.01. The number of amides is 1. The second kappa shape index (κ2) is 9.34. The standard InChI is InChI=1S/C14H28N2O2/c1-13(2)6-11-18-12-8-15-7-5-14(17)16-9-3-4-10-16/h13,15H,3-12H2,1-2H3. The van der Waals surface area contributed by atoms with E-state index in [-0.39, 0.29) is 0 Å². The van der Waals surface area contributed by atoms with E-state index in [4.69, 9.17) is 4.74 Å². The van der Waals surface area contributed by atoms with Crippen molar-refractivity contribution in [3.05, 3.63) is 0 Å². The summed E-state index contributed by atoms with van der Waals surface area (Å²) < 4.78 is 5.49. The van der Waals surface area contributed by atoms with Crippen molar-refractivity contribution < 1.29 is 9.53 Å². The zero-order valence-corrected chi connectivity index (χ0v) is 11.9. The molecule has 0 aromatic rings. The third-order valence-electron chi connectivity index (χ3n) is 3.24. The maximum Gasteiger partial charge on any atom is 0.223 e. The summed E-state index contributed by atoms with van der Waals surface area (Å²) in [6.07, 6.45) is 4.07. The maximum atomic E-state index is 11.7. The fourth-order valence-electron chi connectivity index (χ4n) is 2.01. The lowest BCUT2D eigenvalue weighted by Gasteiger charge is -2.15. The van der Waals surface area contributed by atoms with Gasteiger partial charge in [0.2, 0.25) is 5.91 Å². The summed E-state index contributed by atoms with van der Waals surface area (Å²) in [4.78, 5) is 13.7. The smallest absolute Gasteiger partial charge is 0.223 e. The van der Waals surface area contributed by atoms with Crippen molar-refractivity contribution in [2.24, 2.45) is 5.92 Å². The summed E-state index contributed by atoms with van der Waals surface area (Å²) >= 11 is 0. The molecule has 1 fully saturated rings. The molecule has 0 aromatic heterocycles. The van der Waals surface area contributed by atoms with Gasteiger partial charge in [0.15, 0.2) is 0 Å². The molecule has 0 unspecified atom stereocenters. The molecule has 1 aliphatic rings. The molecule has 0 radical (unpaired) electrons. The first-order valence-corrected chi connectivity index (χ1v) is 7.26. The van der Waals surface area contributed by atoms with Crippen molar-refractivity contribution in [1.82, 2.24) is 10.2 Å². The monoisotopic (exact) mass is 256 g/mol. The average Bonchev–Trinajstić information content (AvgIpc) is 2.85. The van der Waals surface area contributed by atoms with E-state index < -0.39 is 0 Å². The number of hydrogen-bond donors (Lipinski definition) is 1. The van der Waals surface area contributed by atoms with E-state index in [2.05, 4.69) is 19.2 Å². The van der Waals surface area contributed by atoms with Crippen LogP contribution in [0, 0.1) is 5.92 Å².